The highest BCUT2D eigenvalue weighted by Gasteiger charge is 2.23. The molecule has 0 fully saturated rings. The first-order valence-electron chi connectivity index (χ1n) is 8.25. The van der Waals surface area contributed by atoms with E-state index in [4.69, 9.17) is 9.47 Å². The van der Waals surface area contributed by atoms with Crippen molar-refractivity contribution in [2.75, 3.05) is 13.2 Å². The topological polar surface area (TPSA) is 64.6 Å². The van der Waals surface area contributed by atoms with Gasteiger partial charge in [-0.2, -0.15) is 0 Å². The zero-order chi connectivity index (χ0) is 17.2. The van der Waals surface area contributed by atoms with E-state index in [1.165, 1.54) is 0 Å². The third kappa shape index (κ3) is 11.4. The second-order valence-electron chi connectivity index (χ2n) is 7.33. The minimum Gasteiger partial charge on any atom is -0.464 e. The summed E-state index contributed by atoms with van der Waals surface area (Å²) >= 11 is 0. The number of carbonyl (C=O) groups is 2. The summed E-state index contributed by atoms with van der Waals surface area (Å²) in [5, 5.41) is 2.60. The van der Waals surface area contributed by atoms with Crippen LogP contribution in [0.3, 0.4) is 0 Å². The second kappa shape index (κ2) is 10.5. The molecule has 0 heterocycles. The molecule has 0 aromatic rings. The molecule has 0 aliphatic carbocycles. The van der Waals surface area contributed by atoms with Crippen LogP contribution in [-0.4, -0.2) is 31.3 Å². The van der Waals surface area contributed by atoms with Gasteiger partial charge in [-0.1, -0.05) is 48.0 Å². The molecule has 1 unspecified atom stereocenters. The van der Waals surface area contributed by atoms with Gasteiger partial charge in [0.25, 0.3) is 0 Å². The summed E-state index contributed by atoms with van der Waals surface area (Å²) in [7, 11) is 0. The number of hydrogen-bond donors (Lipinski definition) is 1. The van der Waals surface area contributed by atoms with Crippen molar-refractivity contribution in [2.45, 2.75) is 73.3 Å². The molecule has 1 atom stereocenters. The highest BCUT2D eigenvalue weighted by atomic mass is 16.6. The Morgan fingerprint density at radius 1 is 1.09 bits per heavy atom. The first-order chi connectivity index (χ1) is 10.2. The molecule has 0 bridgehead atoms. The van der Waals surface area contributed by atoms with Crippen molar-refractivity contribution in [1.29, 1.82) is 0 Å². The Balaban J connectivity index is 4.22. The van der Waals surface area contributed by atoms with Crippen LogP contribution in [0.1, 0.15) is 67.2 Å². The third-order valence-corrected chi connectivity index (χ3v) is 2.96. The minimum atomic E-state index is -0.628. The molecule has 0 spiro atoms. The molecule has 5 heteroatoms. The van der Waals surface area contributed by atoms with Gasteiger partial charge in [0.1, 0.15) is 6.04 Å². The van der Waals surface area contributed by atoms with Crippen LogP contribution in [0.25, 0.3) is 0 Å². The van der Waals surface area contributed by atoms with E-state index in [9.17, 15) is 9.59 Å². The van der Waals surface area contributed by atoms with E-state index in [1.807, 2.05) is 27.7 Å². The maximum Gasteiger partial charge on any atom is 0.407 e. The quantitative estimate of drug-likeness (QED) is 0.517. The summed E-state index contributed by atoms with van der Waals surface area (Å²) in [6, 6.07) is -0.628. The van der Waals surface area contributed by atoms with E-state index in [2.05, 4.69) is 19.2 Å². The van der Waals surface area contributed by atoms with E-state index in [0.717, 1.165) is 19.3 Å². The molecule has 0 aliphatic heterocycles. The van der Waals surface area contributed by atoms with Gasteiger partial charge in [-0.05, 0) is 30.6 Å². The lowest BCUT2D eigenvalue weighted by Crippen LogP contribution is -2.42. The average molecular weight is 315 g/mol. The summed E-state index contributed by atoms with van der Waals surface area (Å²) in [5.74, 6) is 0.217. The van der Waals surface area contributed by atoms with Crippen LogP contribution in [0, 0.1) is 11.3 Å². The molecule has 0 aromatic heterocycles. The lowest BCUT2D eigenvalue weighted by molar-refractivity contribution is -0.146. The summed E-state index contributed by atoms with van der Waals surface area (Å²) in [5.41, 5.74) is -0.102. The molecule has 1 N–H and O–H groups in total. The molecule has 0 saturated carbocycles. The van der Waals surface area contributed by atoms with Crippen molar-refractivity contribution >= 4 is 12.1 Å². The van der Waals surface area contributed by atoms with Gasteiger partial charge in [0, 0.05) is 0 Å². The van der Waals surface area contributed by atoms with Gasteiger partial charge in [0.2, 0.25) is 0 Å². The Hall–Kier alpha value is -1.26. The number of hydrogen-bond acceptors (Lipinski definition) is 4. The van der Waals surface area contributed by atoms with Crippen LogP contribution in [0.4, 0.5) is 4.79 Å². The monoisotopic (exact) mass is 315 g/mol. The lowest BCUT2D eigenvalue weighted by atomic mass is 9.99. The van der Waals surface area contributed by atoms with Gasteiger partial charge in [0.05, 0.1) is 13.2 Å². The number of rotatable bonds is 9. The van der Waals surface area contributed by atoms with Crippen LogP contribution in [-0.2, 0) is 14.3 Å². The van der Waals surface area contributed by atoms with E-state index >= 15 is 0 Å². The normalized spacial score (nSPS) is 12.9. The maximum absolute atomic E-state index is 12.0. The Labute approximate surface area is 135 Å². The number of ether oxygens (including phenoxy) is 2. The standard InChI is InChI=1S/C17H33NO4/c1-7-9-14(15(19)21-11-8-10-13(2)3)18-16(20)22-12-17(4,5)6/h13-14H,7-12H2,1-6H3,(H,18,20). The summed E-state index contributed by atoms with van der Waals surface area (Å²) in [4.78, 5) is 23.8. The summed E-state index contributed by atoms with van der Waals surface area (Å²) < 4.78 is 10.4. The lowest BCUT2D eigenvalue weighted by Gasteiger charge is -2.20. The number of nitrogens with one attached hydrogen (secondary N) is 1. The fraction of sp³-hybridized carbons (Fsp3) is 0.882. The molecule has 5 nitrogen and oxygen atoms in total. The first-order valence-corrected chi connectivity index (χ1v) is 8.25. The maximum atomic E-state index is 12.0. The number of carbonyl (C=O) groups excluding carboxylic acids is 2. The Kier molecular flexibility index (Phi) is 9.86. The molecule has 22 heavy (non-hydrogen) atoms. The van der Waals surface area contributed by atoms with Gasteiger partial charge in [-0.15, -0.1) is 0 Å². The van der Waals surface area contributed by atoms with E-state index < -0.39 is 12.1 Å². The van der Waals surface area contributed by atoms with Gasteiger partial charge < -0.3 is 14.8 Å². The van der Waals surface area contributed by atoms with Crippen LogP contribution >= 0.6 is 0 Å². The molecule has 0 aliphatic rings. The predicted molar refractivity (Wildman–Crippen MR) is 87.7 cm³/mol. The van der Waals surface area contributed by atoms with Crippen molar-refractivity contribution in [3.63, 3.8) is 0 Å². The van der Waals surface area contributed by atoms with Crippen LogP contribution in [0.5, 0.6) is 0 Å². The number of alkyl carbamates (subject to hydrolysis) is 1. The number of esters is 1. The van der Waals surface area contributed by atoms with E-state index in [0.29, 0.717) is 25.6 Å². The van der Waals surface area contributed by atoms with Gasteiger partial charge in [0.15, 0.2) is 0 Å². The molecule has 0 rings (SSSR count). The molecule has 0 saturated heterocycles. The molecule has 0 radical (unpaired) electrons. The van der Waals surface area contributed by atoms with Gasteiger partial charge >= 0.3 is 12.1 Å². The van der Waals surface area contributed by atoms with Crippen LogP contribution in [0.2, 0.25) is 0 Å². The predicted octanol–water partition coefficient (Wildman–Crippen LogP) is 3.91. The van der Waals surface area contributed by atoms with Crippen molar-refractivity contribution < 1.29 is 19.1 Å². The van der Waals surface area contributed by atoms with Gasteiger partial charge in [-0.3, -0.25) is 0 Å². The van der Waals surface area contributed by atoms with Gasteiger partial charge in [-0.25, -0.2) is 9.59 Å². The smallest absolute Gasteiger partial charge is 0.407 e. The van der Waals surface area contributed by atoms with Crippen molar-refractivity contribution in [1.82, 2.24) is 5.32 Å². The average Bonchev–Trinajstić information content (AvgIpc) is 2.39. The van der Waals surface area contributed by atoms with Crippen LogP contribution < -0.4 is 5.32 Å². The van der Waals surface area contributed by atoms with E-state index in [-0.39, 0.29) is 11.4 Å². The zero-order valence-electron chi connectivity index (χ0n) is 15.0. The second-order valence-corrected chi connectivity index (χ2v) is 7.33. The number of amides is 1. The molecular formula is C17H33NO4. The van der Waals surface area contributed by atoms with E-state index in [1.54, 1.807) is 0 Å². The Bertz CT molecular complexity index is 334. The van der Waals surface area contributed by atoms with Crippen molar-refractivity contribution in [3.8, 4) is 0 Å². The highest BCUT2D eigenvalue weighted by Crippen LogP contribution is 2.13. The third-order valence-electron chi connectivity index (χ3n) is 2.96. The zero-order valence-corrected chi connectivity index (χ0v) is 15.0. The largest absolute Gasteiger partial charge is 0.464 e. The van der Waals surface area contributed by atoms with Crippen LogP contribution in [0.15, 0.2) is 0 Å². The minimum absolute atomic E-state index is 0.102. The molecule has 130 valence electrons. The fourth-order valence-electron chi connectivity index (χ4n) is 1.77. The SMILES string of the molecule is CCCC(NC(=O)OCC(C)(C)C)C(=O)OCCCC(C)C. The fourth-order valence-corrected chi connectivity index (χ4v) is 1.77. The van der Waals surface area contributed by atoms with Crippen molar-refractivity contribution in [3.05, 3.63) is 0 Å². The highest BCUT2D eigenvalue weighted by molar-refractivity contribution is 5.81. The summed E-state index contributed by atoms with van der Waals surface area (Å²) in [6.45, 7) is 12.9. The summed E-state index contributed by atoms with van der Waals surface area (Å²) in [6.07, 6.45) is 2.63. The Morgan fingerprint density at radius 2 is 1.73 bits per heavy atom. The Morgan fingerprint density at radius 3 is 2.23 bits per heavy atom. The van der Waals surface area contributed by atoms with Crippen molar-refractivity contribution in [2.24, 2.45) is 11.3 Å². The molecule has 0 aromatic carbocycles. The molecular weight excluding hydrogens is 282 g/mol. The first kappa shape index (κ1) is 20.7. The molecule has 1 amide bonds.